The molecule has 1 aromatic rings. The quantitative estimate of drug-likeness (QED) is 0.790. The topological polar surface area (TPSA) is 80.1 Å². The predicted octanol–water partition coefficient (Wildman–Crippen LogP) is 1.29. The van der Waals surface area contributed by atoms with Gasteiger partial charge < -0.3 is 4.74 Å². The van der Waals surface area contributed by atoms with Crippen LogP contribution in [0.25, 0.3) is 0 Å². The predicted molar refractivity (Wildman–Crippen MR) is 55.2 cm³/mol. The van der Waals surface area contributed by atoms with Crippen LogP contribution < -0.4 is 0 Å². The van der Waals surface area contributed by atoms with Crippen molar-refractivity contribution in [2.75, 3.05) is 12.9 Å². The Hall–Kier alpha value is -1.43. The summed E-state index contributed by atoms with van der Waals surface area (Å²) >= 11 is 0. The van der Waals surface area contributed by atoms with E-state index in [0.29, 0.717) is 0 Å². The van der Waals surface area contributed by atoms with Crippen LogP contribution >= 0.6 is 0 Å². The highest BCUT2D eigenvalue weighted by molar-refractivity contribution is 7.92. The number of carbonyl (C=O) groups is 1. The second kappa shape index (κ2) is 4.39. The molecule has 82 valence electrons. The fraction of sp³-hybridized carbons (Fsp3) is 0.333. The van der Waals surface area contributed by atoms with Gasteiger partial charge in [0.2, 0.25) is 0 Å². The standard InChI is InChI=1S/C9H12N2O3S/c1-3-15(10,13)8-7(9(12)14-2)5-4-6-11-8/h4-6,10H,3H2,1-2H3/t15-/m0/s1. The Morgan fingerprint density at radius 3 is 2.87 bits per heavy atom. The third-order valence-electron chi connectivity index (χ3n) is 1.90. The molecule has 0 radical (unpaired) electrons. The second-order valence-electron chi connectivity index (χ2n) is 2.81. The number of carbonyl (C=O) groups excluding carboxylic acids is 1. The van der Waals surface area contributed by atoms with Crippen LogP contribution in [0.5, 0.6) is 0 Å². The van der Waals surface area contributed by atoms with E-state index >= 15 is 0 Å². The fourth-order valence-corrected chi connectivity index (χ4v) is 2.07. The van der Waals surface area contributed by atoms with Gasteiger partial charge in [-0.3, -0.25) is 0 Å². The fourth-order valence-electron chi connectivity index (χ4n) is 1.06. The van der Waals surface area contributed by atoms with Crippen molar-refractivity contribution in [3.63, 3.8) is 0 Å². The highest BCUT2D eigenvalue weighted by atomic mass is 32.2. The summed E-state index contributed by atoms with van der Waals surface area (Å²) in [7, 11) is -1.76. The lowest BCUT2D eigenvalue weighted by Crippen LogP contribution is -2.12. The number of pyridine rings is 1. The zero-order chi connectivity index (χ0) is 11.5. The van der Waals surface area contributed by atoms with E-state index in [9.17, 15) is 9.00 Å². The zero-order valence-electron chi connectivity index (χ0n) is 8.52. The molecule has 1 aromatic heterocycles. The molecule has 1 atom stereocenters. The van der Waals surface area contributed by atoms with E-state index in [-0.39, 0.29) is 16.3 Å². The molecular weight excluding hydrogens is 216 g/mol. The summed E-state index contributed by atoms with van der Waals surface area (Å²) in [6, 6.07) is 3.00. The minimum absolute atomic E-state index is 0.000602. The first-order valence-electron chi connectivity index (χ1n) is 4.32. The molecule has 0 unspecified atom stereocenters. The van der Waals surface area contributed by atoms with Gasteiger partial charge in [0.1, 0.15) is 5.03 Å². The summed E-state index contributed by atoms with van der Waals surface area (Å²) in [5, 5.41) is -0.000602. The van der Waals surface area contributed by atoms with Crippen molar-refractivity contribution in [1.82, 2.24) is 4.98 Å². The molecule has 0 aliphatic heterocycles. The van der Waals surface area contributed by atoms with E-state index in [1.54, 1.807) is 13.0 Å². The monoisotopic (exact) mass is 228 g/mol. The second-order valence-corrected chi connectivity index (χ2v) is 5.13. The first kappa shape index (κ1) is 11.6. The summed E-state index contributed by atoms with van der Waals surface area (Å²) in [5.41, 5.74) is 0.0989. The van der Waals surface area contributed by atoms with E-state index in [2.05, 4.69) is 9.72 Å². The first-order chi connectivity index (χ1) is 7.03. The van der Waals surface area contributed by atoms with Crippen molar-refractivity contribution in [3.05, 3.63) is 23.9 Å². The van der Waals surface area contributed by atoms with Crippen molar-refractivity contribution in [3.8, 4) is 0 Å². The Morgan fingerprint density at radius 2 is 2.33 bits per heavy atom. The van der Waals surface area contributed by atoms with Crippen LogP contribution in [0, 0.1) is 4.78 Å². The molecule has 6 heteroatoms. The Bertz CT molecular complexity index is 468. The number of nitrogens with one attached hydrogen (secondary N) is 1. The first-order valence-corrected chi connectivity index (χ1v) is 6.05. The van der Waals surface area contributed by atoms with Gasteiger partial charge >= 0.3 is 5.97 Å². The number of aromatic nitrogens is 1. The van der Waals surface area contributed by atoms with Gasteiger partial charge in [-0.15, -0.1) is 0 Å². The summed E-state index contributed by atoms with van der Waals surface area (Å²) in [6.07, 6.45) is 1.41. The highest BCUT2D eigenvalue weighted by Gasteiger charge is 2.19. The van der Waals surface area contributed by atoms with Crippen LogP contribution in [-0.2, 0) is 14.5 Å². The smallest absolute Gasteiger partial charge is 0.340 e. The molecule has 1 N–H and O–H groups in total. The minimum Gasteiger partial charge on any atom is -0.465 e. The Balaban J connectivity index is 3.37. The van der Waals surface area contributed by atoms with Crippen LogP contribution in [0.4, 0.5) is 0 Å². The summed E-state index contributed by atoms with van der Waals surface area (Å²) in [4.78, 5) is 15.2. The van der Waals surface area contributed by atoms with Crippen molar-refractivity contribution in [1.29, 1.82) is 4.78 Å². The Kier molecular flexibility index (Phi) is 3.41. The number of rotatable bonds is 3. The van der Waals surface area contributed by atoms with Crippen LogP contribution in [0.1, 0.15) is 17.3 Å². The number of esters is 1. The van der Waals surface area contributed by atoms with E-state index in [1.807, 2.05) is 0 Å². The molecule has 0 bridgehead atoms. The van der Waals surface area contributed by atoms with Crippen LogP contribution in [0.3, 0.4) is 0 Å². The van der Waals surface area contributed by atoms with Crippen LogP contribution in [0.15, 0.2) is 23.4 Å². The maximum absolute atomic E-state index is 11.8. The van der Waals surface area contributed by atoms with Gasteiger partial charge in [-0.05, 0) is 12.1 Å². The van der Waals surface area contributed by atoms with E-state index in [4.69, 9.17) is 4.78 Å². The molecule has 0 saturated carbocycles. The molecule has 0 saturated heterocycles. The molecule has 0 spiro atoms. The van der Waals surface area contributed by atoms with E-state index in [1.165, 1.54) is 19.4 Å². The lowest BCUT2D eigenvalue weighted by molar-refractivity contribution is 0.0595. The number of hydrogen-bond donors (Lipinski definition) is 1. The van der Waals surface area contributed by atoms with Gasteiger partial charge in [0, 0.05) is 11.9 Å². The molecule has 15 heavy (non-hydrogen) atoms. The normalized spacial score (nSPS) is 14.3. The van der Waals surface area contributed by atoms with Gasteiger partial charge in [0.15, 0.2) is 0 Å². The van der Waals surface area contributed by atoms with Gasteiger partial charge in [-0.1, -0.05) is 6.92 Å². The summed E-state index contributed by atoms with van der Waals surface area (Å²) < 4.78 is 23.9. The van der Waals surface area contributed by atoms with Gasteiger partial charge in [0.05, 0.1) is 22.4 Å². The average Bonchev–Trinajstić information content (AvgIpc) is 2.28. The van der Waals surface area contributed by atoms with Crippen LogP contribution in [-0.4, -0.2) is 28.0 Å². The van der Waals surface area contributed by atoms with Gasteiger partial charge in [0.25, 0.3) is 0 Å². The van der Waals surface area contributed by atoms with Crippen LogP contribution in [0.2, 0.25) is 0 Å². The van der Waals surface area contributed by atoms with Crippen molar-refractivity contribution >= 4 is 15.7 Å². The molecule has 5 nitrogen and oxygen atoms in total. The highest BCUT2D eigenvalue weighted by Crippen LogP contribution is 2.15. The minimum atomic E-state index is -3.00. The molecule has 0 aliphatic rings. The molecule has 0 aromatic carbocycles. The Labute approximate surface area is 88.5 Å². The van der Waals surface area contributed by atoms with E-state index < -0.39 is 15.7 Å². The Morgan fingerprint density at radius 1 is 1.67 bits per heavy atom. The van der Waals surface area contributed by atoms with Gasteiger partial charge in [-0.25, -0.2) is 18.8 Å². The number of methoxy groups -OCH3 is 1. The number of ether oxygens (including phenoxy) is 1. The van der Waals surface area contributed by atoms with E-state index in [0.717, 1.165) is 0 Å². The molecule has 0 amide bonds. The molecule has 0 fully saturated rings. The summed E-state index contributed by atoms with van der Waals surface area (Å²) in [5.74, 6) is -0.500. The largest absolute Gasteiger partial charge is 0.465 e. The third kappa shape index (κ3) is 2.33. The lowest BCUT2D eigenvalue weighted by atomic mass is 10.3. The molecule has 1 heterocycles. The average molecular weight is 228 g/mol. The van der Waals surface area contributed by atoms with Crippen molar-refractivity contribution in [2.45, 2.75) is 11.9 Å². The zero-order valence-corrected chi connectivity index (χ0v) is 9.34. The third-order valence-corrected chi connectivity index (χ3v) is 3.66. The van der Waals surface area contributed by atoms with Gasteiger partial charge in [-0.2, -0.15) is 0 Å². The number of nitrogens with zero attached hydrogens (tertiary/aromatic N) is 1. The van der Waals surface area contributed by atoms with Crippen molar-refractivity contribution in [2.24, 2.45) is 0 Å². The maximum Gasteiger partial charge on any atom is 0.340 e. The maximum atomic E-state index is 11.8. The SMILES string of the molecule is CC[S@](=N)(=O)c1ncccc1C(=O)OC. The summed E-state index contributed by atoms with van der Waals surface area (Å²) in [6.45, 7) is 1.62. The molecule has 0 aliphatic carbocycles. The number of hydrogen-bond acceptors (Lipinski definition) is 5. The van der Waals surface area contributed by atoms with Crippen molar-refractivity contribution < 1.29 is 13.7 Å². The lowest BCUT2D eigenvalue weighted by Gasteiger charge is -2.07. The molecule has 1 rings (SSSR count). The molecular formula is C9H12N2O3S.